The van der Waals surface area contributed by atoms with Crippen LogP contribution < -0.4 is 10.6 Å². The highest BCUT2D eigenvalue weighted by atomic mass is 19.3. The van der Waals surface area contributed by atoms with Crippen molar-refractivity contribution in [3.05, 3.63) is 63.8 Å². The van der Waals surface area contributed by atoms with Crippen LogP contribution in [0.1, 0.15) is 29.5 Å². The molecule has 166 valence electrons. The number of benzene rings is 2. The second-order valence-corrected chi connectivity index (χ2v) is 8.55. The van der Waals surface area contributed by atoms with Crippen molar-refractivity contribution in [3.63, 3.8) is 0 Å². The van der Waals surface area contributed by atoms with Crippen LogP contribution in [0.3, 0.4) is 0 Å². The van der Waals surface area contributed by atoms with Crippen molar-refractivity contribution < 1.29 is 8.78 Å². The molecule has 0 radical (unpaired) electrons. The maximum absolute atomic E-state index is 14.1. The van der Waals surface area contributed by atoms with E-state index in [1.165, 1.54) is 0 Å². The normalized spacial score (nSPS) is 13.9. The zero-order chi connectivity index (χ0) is 22.7. The van der Waals surface area contributed by atoms with Gasteiger partial charge in [0.2, 0.25) is 0 Å². The molecule has 0 fully saturated rings. The fraction of sp³-hybridized carbons (Fsp3) is 0.333. The molecule has 6 nitrogen and oxygen atoms in total. The zero-order valence-corrected chi connectivity index (χ0v) is 18.6. The van der Waals surface area contributed by atoms with Gasteiger partial charge >= 0.3 is 5.69 Å². The standard InChI is InChI=1S/C24H25F2N5O/c1-14-8-21-22(30(4)24(32)29(21)3)11-19(14)31-7-5-6-15-9-17(16-12-27-28(2)13-16)18(23(25)26)10-20(15)31/h8-13,23H,5-7H2,1-4H3. The Kier molecular flexibility index (Phi) is 4.69. The molecule has 0 amide bonds. The number of nitrogens with zero attached hydrogens (tertiary/aromatic N) is 5. The van der Waals surface area contributed by atoms with Crippen LogP contribution in [0.4, 0.5) is 20.2 Å². The Balaban J connectivity index is 1.70. The first-order chi connectivity index (χ1) is 15.3. The Hall–Kier alpha value is -3.42. The molecule has 0 atom stereocenters. The number of hydrogen-bond acceptors (Lipinski definition) is 3. The lowest BCUT2D eigenvalue weighted by Crippen LogP contribution is -2.25. The molecule has 3 heterocycles. The molecule has 0 spiro atoms. The van der Waals surface area contributed by atoms with E-state index in [0.717, 1.165) is 52.9 Å². The van der Waals surface area contributed by atoms with Gasteiger partial charge in [-0.1, -0.05) is 0 Å². The molecule has 8 heteroatoms. The van der Waals surface area contributed by atoms with Gasteiger partial charge in [-0.25, -0.2) is 13.6 Å². The van der Waals surface area contributed by atoms with Crippen molar-refractivity contribution in [2.45, 2.75) is 26.2 Å². The van der Waals surface area contributed by atoms with Crippen LogP contribution in [0, 0.1) is 6.92 Å². The number of alkyl halides is 2. The summed E-state index contributed by atoms with van der Waals surface area (Å²) in [4.78, 5) is 14.5. The highest BCUT2D eigenvalue weighted by molar-refractivity contribution is 5.86. The molecule has 0 unspecified atom stereocenters. The summed E-state index contributed by atoms with van der Waals surface area (Å²) >= 11 is 0. The Labute approximate surface area is 184 Å². The molecule has 32 heavy (non-hydrogen) atoms. The van der Waals surface area contributed by atoms with Gasteiger partial charge in [0.25, 0.3) is 6.43 Å². The predicted molar refractivity (Wildman–Crippen MR) is 122 cm³/mol. The van der Waals surface area contributed by atoms with Crippen LogP contribution in [0.2, 0.25) is 0 Å². The summed E-state index contributed by atoms with van der Waals surface area (Å²) in [6.45, 7) is 2.73. The third-order valence-electron chi connectivity index (χ3n) is 6.50. The summed E-state index contributed by atoms with van der Waals surface area (Å²) in [5.41, 5.74) is 6.62. The van der Waals surface area contributed by atoms with E-state index in [0.29, 0.717) is 11.1 Å². The quantitative estimate of drug-likeness (QED) is 0.470. The minimum absolute atomic E-state index is 0.00879. The third kappa shape index (κ3) is 3.04. The molecular formula is C24H25F2N5O. The lowest BCUT2D eigenvalue weighted by atomic mass is 9.92. The molecule has 4 aromatic rings. The lowest BCUT2D eigenvalue weighted by Gasteiger charge is -2.33. The molecule has 0 saturated heterocycles. The van der Waals surface area contributed by atoms with E-state index in [1.54, 1.807) is 53.4 Å². The van der Waals surface area contributed by atoms with Gasteiger partial charge in [0, 0.05) is 56.4 Å². The van der Waals surface area contributed by atoms with E-state index in [-0.39, 0.29) is 11.3 Å². The van der Waals surface area contributed by atoms with E-state index in [4.69, 9.17) is 0 Å². The van der Waals surface area contributed by atoms with Crippen LogP contribution in [0.5, 0.6) is 0 Å². The lowest BCUT2D eigenvalue weighted by molar-refractivity contribution is 0.152. The van der Waals surface area contributed by atoms with Crippen LogP contribution >= 0.6 is 0 Å². The molecule has 0 bridgehead atoms. The molecule has 0 aliphatic carbocycles. The summed E-state index contributed by atoms with van der Waals surface area (Å²) in [5.74, 6) is 0. The molecule has 0 N–H and O–H groups in total. The topological polar surface area (TPSA) is 48.0 Å². The fourth-order valence-electron chi connectivity index (χ4n) is 4.82. The Morgan fingerprint density at radius 1 is 1.00 bits per heavy atom. The molecule has 1 aliphatic rings. The molecule has 2 aromatic heterocycles. The van der Waals surface area contributed by atoms with E-state index in [9.17, 15) is 13.6 Å². The zero-order valence-electron chi connectivity index (χ0n) is 18.6. The second-order valence-electron chi connectivity index (χ2n) is 8.55. The van der Waals surface area contributed by atoms with Crippen molar-refractivity contribution in [2.24, 2.45) is 21.1 Å². The van der Waals surface area contributed by atoms with Gasteiger partial charge in [0.15, 0.2) is 0 Å². The van der Waals surface area contributed by atoms with Crippen molar-refractivity contribution in [1.82, 2.24) is 18.9 Å². The van der Waals surface area contributed by atoms with Gasteiger partial charge in [0.05, 0.1) is 17.2 Å². The second kappa shape index (κ2) is 7.32. The van der Waals surface area contributed by atoms with Crippen molar-refractivity contribution in [3.8, 4) is 11.1 Å². The van der Waals surface area contributed by atoms with E-state index < -0.39 is 6.43 Å². The SMILES string of the molecule is Cc1cc2c(cc1N1CCCc3cc(-c4cnn(C)c4)c(C(F)F)cc31)n(C)c(=O)n2C. The van der Waals surface area contributed by atoms with Crippen molar-refractivity contribution >= 4 is 22.4 Å². The summed E-state index contributed by atoms with van der Waals surface area (Å²) in [6.07, 6.45) is 2.54. The van der Waals surface area contributed by atoms with E-state index in [2.05, 4.69) is 10.00 Å². The maximum atomic E-state index is 14.1. The van der Waals surface area contributed by atoms with Crippen LogP contribution in [-0.4, -0.2) is 25.5 Å². The minimum atomic E-state index is -2.60. The summed E-state index contributed by atoms with van der Waals surface area (Å²) in [7, 11) is 5.29. The van der Waals surface area contributed by atoms with E-state index >= 15 is 0 Å². The van der Waals surface area contributed by atoms with Crippen LogP contribution in [-0.2, 0) is 27.6 Å². The predicted octanol–water partition coefficient (Wildman–Crippen LogP) is 4.61. The molecule has 2 aromatic carbocycles. The third-order valence-corrected chi connectivity index (χ3v) is 6.50. The fourth-order valence-corrected chi connectivity index (χ4v) is 4.82. The summed E-state index contributed by atoms with van der Waals surface area (Å²) < 4.78 is 33.1. The number of fused-ring (bicyclic) bond motifs is 2. The Morgan fingerprint density at radius 2 is 1.72 bits per heavy atom. The van der Waals surface area contributed by atoms with Crippen LogP contribution in [0.25, 0.3) is 22.2 Å². The Morgan fingerprint density at radius 3 is 2.38 bits per heavy atom. The largest absolute Gasteiger partial charge is 0.341 e. The number of imidazole rings is 1. The first kappa shape index (κ1) is 20.5. The maximum Gasteiger partial charge on any atom is 0.328 e. The summed E-state index contributed by atoms with van der Waals surface area (Å²) in [6, 6.07) is 7.53. The summed E-state index contributed by atoms with van der Waals surface area (Å²) in [5, 5.41) is 4.16. The highest BCUT2D eigenvalue weighted by Gasteiger charge is 2.26. The molecule has 1 aliphatic heterocycles. The average molecular weight is 437 g/mol. The smallest absolute Gasteiger partial charge is 0.328 e. The molecular weight excluding hydrogens is 412 g/mol. The number of rotatable bonds is 3. The number of halogens is 2. The minimum Gasteiger partial charge on any atom is -0.341 e. The molecule has 0 saturated carbocycles. The number of aryl methyl sites for hydroxylation is 5. The van der Waals surface area contributed by atoms with E-state index in [1.807, 2.05) is 25.1 Å². The first-order valence-corrected chi connectivity index (χ1v) is 10.6. The van der Waals surface area contributed by atoms with Gasteiger partial charge in [-0.15, -0.1) is 0 Å². The van der Waals surface area contributed by atoms with Crippen molar-refractivity contribution in [1.29, 1.82) is 0 Å². The van der Waals surface area contributed by atoms with Gasteiger partial charge in [0.1, 0.15) is 0 Å². The molecule has 5 rings (SSSR count). The van der Waals surface area contributed by atoms with Gasteiger partial charge < -0.3 is 4.90 Å². The average Bonchev–Trinajstić information content (AvgIpc) is 3.29. The van der Waals surface area contributed by atoms with Gasteiger partial charge in [-0.3, -0.25) is 13.8 Å². The Bertz CT molecular complexity index is 1410. The number of anilines is 2. The highest BCUT2D eigenvalue weighted by Crippen LogP contribution is 2.42. The number of hydrogen-bond donors (Lipinski definition) is 0. The number of aromatic nitrogens is 4. The monoisotopic (exact) mass is 437 g/mol. The van der Waals surface area contributed by atoms with Gasteiger partial charge in [-0.2, -0.15) is 5.10 Å². The first-order valence-electron chi connectivity index (χ1n) is 10.6. The van der Waals surface area contributed by atoms with Gasteiger partial charge in [-0.05, 0) is 60.7 Å². The van der Waals surface area contributed by atoms with Crippen molar-refractivity contribution in [2.75, 3.05) is 11.4 Å². The van der Waals surface area contributed by atoms with Crippen LogP contribution in [0.15, 0.2) is 41.5 Å².